The monoisotopic (exact) mass is 312 g/mol. The Morgan fingerprint density at radius 1 is 1.43 bits per heavy atom. The smallest absolute Gasteiger partial charge is 0.341 e. The van der Waals surface area contributed by atoms with Crippen LogP contribution in [0.25, 0.3) is 0 Å². The minimum atomic E-state index is -0.411. The van der Waals surface area contributed by atoms with Gasteiger partial charge in [-0.1, -0.05) is 13.8 Å². The molecule has 0 spiro atoms. The molecule has 6 heteroatoms. The Bertz CT molecular complexity index is 471. The van der Waals surface area contributed by atoms with Crippen LogP contribution in [0.5, 0.6) is 0 Å². The topological polar surface area (TPSA) is 81.4 Å². The summed E-state index contributed by atoms with van der Waals surface area (Å²) in [5.74, 6) is 0.143. The number of ether oxygens (including phenoxy) is 1. The van der Waals surface area contributed by atoms with Gasteiger partial charge in [0, 0.05) is 6.42 Å². The van der Waals surface area contributed by atoms with Gasteiger partial charge in [0.15, 0.2) is 0 Å². The standard InChI is InChI=1S/C15H24N2O3S/c1-4-20-15(19)12-5-6-21-14(12)17-13(18)8-11(9-16)7-10(2)3/h5-6,10-11H,4,7-9,16H2,1-3H3,(H,17,18)/t11-/m0/s1. The van der Waals surface area contributed by atoms with Crippen LogP contribution in [0.1, 0.15) is 44.0 Å². The maximum absolute atomic E-state index is 12.1. The molecule has 1 atom stereocenters. The van der Waals surface area contributed by atoms with Gasteiger partial charge in [-0.25, -0.2) is 4.79 Å². The SMILES string of the molecule is CCOC(=O)c1ccsc1NC(=O)C[C@@H](CN)CC(C)C. The lowest BCUT2D eigenvalue weighted by Gasteiger charge is -2.16. The normalized spacial score (nSPS) is 12.2. The predicted octanol–water partition coefficient (Wildman–Crippen LogP) is 2.87. The number of anilines is 1. The molecule has 1 rings (SSSR count). The number of amides is 1. The zero-order chi connectivity index (χ0) is 15.8. The van der Waals surface area contributed by atoms with Crippen LogP contribution in [0.2, 0.25) is 0 Å². The highest BCUT2D eigenvalue weighted by atomic mass is 32.1. The summed E-state index contributed by atoms with van der Waals surface area (Å²) in [5.41, 5.74) is 6.11. The number of rotatable bonds is 8. The Morgan fingerprint density at radius 3 is 2.71 bits per heavy atom. The highest BCUT2D eigenvalue weighted by Crippen LogP contribution is 2.25. The molecular formula is C15H24N2O3S. The molecule has 0 bridgehead atoms. The minimum absolute atomic E-state index is 0.112. The van der Waals surface area contributed by atoms with Gasteiger partial charge in [0.1, 0.15) is 5.00 Å². The zero-order valence-electron chi connectivity index (χ0n) is 12.8. The largest absolute Gasteiger partial charge is 0.462 e. The molecule has 0 saturated carbocycles. The van der Waals surface area contributed by atoms with Crippen LogP contribution >= 0.6 is 11.3 Å². The van der Waals surface area contributed by atoms with Crippen LogP contribution in [0.3, 0.4) is 0 Å². The second-order valence-electron chi connectivity index (χ2n) is 5.37. The quantitative estimate of drug-likeness (QED) is 0.723. The molecule has 0 aliphatic rings. The molecule has 0 unspecified atom stereocenters. The van der Waals surface area contributed by atoms with Crippen molar-refractivity contribution in [2.24, 2.45) is 17.6 Å². The van der Waals surface area contributed by atoms with E-state index >= 15 is 0 Å². The molecule has 0 fully saturated rings. The van der Waals surface area contributed by atoms with Crippen molar-refractivity contribution < 1.29 is 14.3 Å². The second kappa shape index (κ2) is 8.79. The summed E-state index contributed by atoms with van der Waals surface area (Å²) in [6, 6.07) is 1.66. The van der Waals surface area contributed by atoms with Crippen molar-refractivity contribution >= 4 is 28.2 Å². The van der Waals surface area contributed by atoms with Crippen molar-refractivity contribution in [3.63, 3.8) is 0 Å². The molecule has 3 N–H and O–H groups in total. The van der Waals surface area contributed by atoms with Gasteiger partial charge in [0.05, 0.1) is 12.2 Å². The van der Waals surface area contributed by atoms with Gasteiger partial charge in [-0.2, -0.15) is 0 Å². The highest BCUT2D eigenvalue weighted by molar-refractivity contribution is 7.14. The number of nitrogens with two attached hydrogens (primary N) is 1. The van der Waals surface area contributed by atoms with Gasteiger partial charge in [-0.05, 0) is 43.2 Å². The maximum Gasteiger partial charge on any atom is 0.341 e. The molecule has 1 amide bonds. The number of thiophene rings is 1. The first-order chi connectivity index (χ1) is 9.97. The van der Waals surface area contributed by atoms with Crippen LogP contribution < -0.4 is 11.1 Å². The molecule has 0 saturated heterocycles. The summed E-state index contributed by atoms with van der Waals surface area (Å²) >= 11 is 1.32. The average molecular weight is 312 g/mol. The van der Waals surface area contributed by atoms with Crippen molar-refractivity contribution in [1.82, 2.24) is 0 Å². The number of hydrogen-bond acceptors (Lipinski definition) is 5. The van der Waals surface area contributed by atoms with Crippen molar-refractivity contribution in [1.29, 1.82) is 0 Å². The van der Waals surface area contributed by atoms with Gasteiger partial charge < -0.3 is 15.8 Å². The number of nitrogens with one attached hydrogen (secondary N) is 1. The second-order valence-corrected chi connectivity index (χ2v) is 6.28. The Balaban J connectivity index is 2.63. The fraction of sp³-hybridized carbons (Fsp3) is 0.600. The summed E-state index contributed by atoms with van der Waals surface area (Å²) in [5, 5.41) is 5.09. The average Bonchev–Trinajstić information content (AvgIpc) is 2.85. The number of carbonyl (C=O) groups excluding carboxylic acids is 2. The van der Waals surface area contributed by atoms with Gasteiger partial charge in [0.25, 0.3) is 0 Å². The fourth-order valence-corrected chi connectivity index (χ4v) is 2.94. The van der Waals surface area contributed by atoms with E-state index in [4.69, 9.17) is 10.5 Å². The number of hydrogen-bond donors (Lipinski definition) is 2. The third-order valence-corrected chi connectivity index (χ3v) is 3.86. The Hall–Kier alpha value is -1.40. The number of esters is 1. The molecule has 5 nitrogen and oxygen atoms in total. The molecule has 1 aromatic heterocycles. The van der Waals surface area contributed by atoms with Gasteiger partial charge in [0.2, 0.25) is 5.91 Å². The van der Waals surface area contributed by atoms with Crippen molar-refractivity contribution in [3.05, 3.63) is 17.0 Å². The van der Waals surface area contributed by atoms with E-state index in [1.807, 2.05) is 0 Å². The van der Waals surface area contributed by atoms with Gasteiger partial charge in [-0.3, -0.25) is 4.79 Å². The fourth-order valence-electron chi connectivity index (χ4n) is 2.15. The van der Waals surface area contributed by atoms with Crippen LogP contribution in [-0.2, 0) is 9.53 Å². The molecule has 0 radical (unpaired) electrons. The van der Waals surface area contributed by atoms with Crippen molar-refractivity contribution in [3.8, 4) is 0 Å². The Kier molecular flexibility index (Phi) is 7.39. The molecule has 1 aromatic rings. The van der Waals surface area contributed by atoms with Crippen LogP contribution in [0, 0.1) is 11.8 Å². The summed E-state index contributed by atoms with van der Waals surface area (Å²) in [7, 11) is 0. The lowest BCUT2D eigenvalue weighted by molar-refractivity contribution is -0.117. The van der Waals surface area contributed by atoms with Crippen molar-refractivity contribution in [2.75, 3.05) is 18.5 Å². The molecule has 1 heterocycles. The molecule has 21 heavy (non-hydrogen) atoms. The van der Waals surface area contributed by atoms with E-state index < -0.39 is 5.97 Å². The lowest BCUT2D eigenvalue weighted by Crippen LogP contribution is -2.23. The van der Waals surface area contributed by atoms with E-state index in [1.54, 1.807) is 18.4 Å². The lowest BCUT2D eigenvalue weighted by atomic mass is 9.94. The summed E-state index contributed by atoms with van der Waals surface area (Å²) in [6.45, 7) is 6.77. The summed E-state index contributed by atoms with van der Waals surface area (Å²) in [4.78, 5) is 23.8. The number of carbonyl (C=O) groups is 2. The van der Waals surface area contributed by atoms with E-state index in [9.17, 15) is 9.59 Å². The van der Waals surface area contributed by atoms with Gasteiger partial charge >= 0.3 is 5.97 Å². The van der Waals surface area contributed by atoms with E-state index in [0.717, 1.165) is 6.42 Å². The molecular weight excluding hydrogens is 288 g/mol. The maximum atomic E-state index is 12.1. The van der Waals surface area contributed by atoms with Crippen LogP contribution in [-0.4, -0.2) is 25.0 Å². The van der Waals surface area contributed by atoms with Crippen LogP contribution in [0.15, 0.2) is 11.4 Å². The summed E-state index contributed by atoms with van der Waals surface area (Å²) in [6.07, 6.45) is 1.29. The Morgan fingerprint density at radius 2 is 2.14 bits per heavy atom. The van der Waals surface area contributed by atoms with Gasteiger partial charge in [-0.15, -0.1) is 11.3 Å². The van der Waals surface area contributed by atoms with E-state index in [1.165, 1.54) is 11.3 Å². The van der Waals surface area contributed by atoms with E-state index in [0.29, 0.717) is 36.1 Å². The predicted molar refractivity (Wildman–Crippen MR) is 85.5 cm³/mol. The Labute approximate surface area is 129 Å². The molecule has 0 aromatic carbocycles. The molecule has 0 aliphatic carbocycles. The van der Waals surface area contributed by atoms with E-state index in [-0.39, 0.29) is 11.8 Å². The first-order valence-electron chi connectivity index (χ1n) is 7.22. The third-order valence-electron chi connectivity index (χ3n) is 3.03. The summed E-state index contributed by atoms with van der Waals surface area (Å²) < 4.78 is 4.96. The third kappa shape index (κ3) is 5.85. The first-order valence-corrected chi connectivity index (χ1v) is 8.10. The molecule has 0 aliphatic heterocycles. The zero-order valence-corrected chi connectivity index (χ0v) is 13.7. The minimum Gasteiger partial charge on any atom is -0.462 e. The molecule has 118 valence electrons. The highest BCUT2D eigenvalue weighted by Gasteiger charge is 2.18. The first kappa shape index (κ1) is 17.7. The van der Waals surface area contributed by atoms with Crippen molar-refractivity contribution in [2.45, 2.75) is 33.6 Å². The van der Waals surface area contributed by atoms with Crippen LogP contribution in [0.4, 0.5) is 5.00 Å². The van der Waals surface area contributed by atoms with E-state index in [2.05, 4.69) is 19.2 Å².